The second-order valence-corrected chi connectivity index (χ2v) is 7.00. The molecule has 13 heteroatoms. The molecule has 0 atom stereocenters. The first-order valence-electron chi connectivity index (χ1n) is 8.93. The van der Waals surface area contributed by atoms with Gasteiger partial charge in [0.1, 0.15) is 5.56 Å². The first-order valence-corrected chi connectivity index (χ1v) is 8.93. The van der Waals surface area contributed by atoms with Gasteiger partial charge in [0.25, 0.3) is 5.56 Å². The lowest BCUT2D eigenvalue weighted by Gasteiger charge is -2.34. The first kappa shape index (κ1) is 21.5. The van der Waals surface area contributed by atoms with Gasteiger partial charge in [-0.25, -0.2) is 19.7 Å². The summed E-state index contributed by atoms with van der Waals surface area (Å²) in [5.74, 6) is -2.23. The molecule has 0 amide bonds. The molecule has 168 valence electrons. The Morgan fingerprint density at radius 1 is 1.00 bits per heavy atom. The van der Waals surface area contributed by atoms with Crippen LogP contribution in [-0.4, -0.2) is 27.7 Å². The normalized spacial score (nSPS) is 15.7. The molecule has 0 saturated carbocycles. The molecule has 1 aliphatic heterocycles. The van der Waals surface area contributed by atoms with Gasteiger partial charge in [-0.3, -0.25) is 9.78 Å². The summed E-state index contributed by atoms with van der Waals surface area (Å²) in [5.41, 5.74) is -9.02. The zero-order valence-corrected chi connectivity index (χ0v) is 16.0. The molecule has 1 aromatic carbocycles. The average Bonchev–Trinajstić information content (AvgIpc) is 3.21. The maximum atomic E-state index is 14.2. The molecule has 0 fully saturated rings. The number of amidine groups is 1. The summed E-state index contributed by atoms with van der Waals surface area (Å²) in [6, 6.07) is 7.98. The van der Waals surface area contributed by atoms with Crippen LogP contribution in [0.1, 0.15) is 16.9 Å². The van der Waals surface area contributed by atoms with E-state index in [4.69, 9.17) is 4.42 Å². The molecule has 32 heavy (non-hydrogen) atoms. The van der Waals surface area contributed by atoms with E-state index in [0.717, 1.165) is 17.9 Å². The lowest BCUT2D eigenvalue weighted by Crippen LogP contribution is -2.97. The fourth-order valence-electron chi connectivity index (χ4n) is 3.47. The quantitative estimate of drug-likeness (QED) is 0.509. The van der Waals surface area contributed by atoms with Crippen molar-refractivity contribution in [3.8, 4) is 5.69 Å². The Balaban J connectivity index is 2.18. The predicted octanol–water partition coefficient (Wildman–Crippen LogP) is 1.70. The number of halogens is 6. The minimum absolute atomic E-state index is 0.0699. The maximum Gasteiger partial charge on any atom is 0.446 e. The lowest BCUT2D eigenvalue weighted by atomic mass is 9.88. The number of benzene rings is 1. The molecule has 0 spiro atoms. The van der Waals surface area contributed by atoms with Crippen LogP contribution in [0.2, 0.25) is 0 Å². The Hall–Kier alpha value is -3.77. The van der Waals surface area contributed by atoms with E-state index >= 15 is 0 Å². The second-order valence-electron chi connectivity index (χ2n) is 7.00. The van der Waals surface area contributed by atoms with Gasteiger partial charge < -0.3 is 4.42 Å². The Morgan fingerprint density at radius 2 is 1.62 bits per heavy atom. The standard InChI is InChI=1S/C19H12F6N4O3/c1-9-4-6-10(7-5-9)29-14-12(15(30)27-16(29)31)17(18(20,21)22,19(23,24)25)28-13(26-14)11-3-2-8-32-11/h2-8H,1H3,(H,26,28)(H,27,30,31)/p+1. The highest BCUT2D eigenvalue weighted by molar-refractivity contribution is 6.03. The predicted molar refractivity (Wildman–Crippen MR) is 98.6 cm³/mol. The van der Waals surface area contributed by atoms with E-state index in [2.05, 4.69) is 5.32 Å². The van der Waals surface area contributed by atoms with Crippen molar-refractivity contribution in [2.75, 3.05) is 5.32 Å². The summed E-state index contributed by atoms with van der Waals surface area (Å²) in [4.78, 5) is 27.9. The lowest BCUT2D eigenvalue weighted by molar-refractivity contribution is -0.658. The highest BCUT2D eigenvalue weighted by atomic mass is 19.4. The molecule has 2 aromatic heterocycles. The molecule has 3 heterocycles. The number of hydrogen-bond acceptors (Lipinski definition) is 4. The van der Waals surface area contributed by atoms with Gasteiger partial charge in [0.05, 0.1) is 12.0 Å². The van der Waals surface area contributed by atoms with E-state index in [1.54, 1.807) is 11.9 Å². The third-order valence-electron chi connectivity index (χ3n) is 4.95. The molecule has 1 aliphatic rings. The van der Waals surface area contributed by atoms with Gasteiger partial charge in [-0.05, 0) is 31.2 Å². The molecular weight excluding hydrogens is 446 g/mol. The van der Waals surface area contributed by atoms with Crippen molar-refractivity contribution in [3.05, 3.63) is 80.4 Å². The van der Waals surface area contributed by atoms with E-state index < -0.39 is 52.1 Å². The highest BCUT2D eigenvalue weighted by Crippen LogP contribution is 2.48. The van der Waals surface area contributed by atoms with Crippen LogP contribution in [0.25, 0.3) is 5.69 Å². The Kier molecular flexibility index (Phi) is 4.61. The van der Waals surface area contributed by atoms with Crippen LogP contribution in [0.3, 0.4) is 0 Å². The van der Waals surface area contributed by atoms with Gasteiger partial charge in [-0.2, -0.15) is 26.3 Å². The summed E-state index contributed by atoms with van der Waals surface area (Å²) in [6.07, 6.45) is -11.0. The number of aryl methyl sites for hydroxylation is 1. The molecule has 0 unspecified atom stereocenters. The zero-order valence-electron chi connectivity index (χ0n) is 16.0. The number of furan rings is 1. The summed E-state index contributed by atoms with van der Waals surface area (Å²) < 4.78 is 90.4. The number of aromatic nitrogens is 2. The smallest absolute Gasteiger partial charge is 0.446 e. The van der Waals surface area contributed by atoms with Crippen molar-refractivity contribution >= 4 is 11.7 Å². The van der Waals surface area contributed by atoms with E-state index in [1.807, 2.05) is 0 Å². The van der Waals surface area contributed by atoms with Crippen LogP contribution in [0.5, 0.6) is 0 Å². The number of aromatic amines is 1. The SMILES string of the molecule is Cc1ccc(-n2c3c(c(=O)[nH]c2=O)C(C(F)(F)F)(C(F)(F)F)[NH+]=C(c2ccco2)N3)cc1. The molecule has 7 nitrogen and oxygen atoms in total. The largest absolute Gasteiger partial charge is 0.456 e. The van der Waals surface area contributed by atoms with Gasteiger partial charge in [0, 0.05) is 0 Å². The third-order valence-corrected chi connectivity index (χ3v) is 4.95. The van der Waals surface area contributed by atoms with Crippen molar-refractivity contribution in [3.63, 3.8) is 0 Å². The van der Waals surface area contributed by atoms with Crippen LogP contribution >= 0.6 is 0 Å². The van der Waals surface area contributed by atoms with E-state index in [-0.39, 0.29) is 5.69 Å². The van der Waals surface area contributed by atoms with Gasteiger partial charge in [-0.1, -0.05) is 17.7 Å². The molecule has 0 radical (unpaired) electrons. The molecule has 0 bridgehead atoms. The monoisotopic (exact) mass is 459 g/mol. The maximum absolute atomic E-state index is 14.2. The second kappa shape index (κ2) is 6.87. The van der Waals surface area contributed by atoms with Gasteiger partial charge in [-0.15, -0.1) is 0 Å². The average molecular weight is 459 g/mol. The number of fused-ring (bicyclic) bond motifs is 1. The summed E-state index contributed by atoms with van der Waals surface area (Å²) in [7, 11) is 0. The molecule has 3 N–H and O–H groups in total. The number of rotatable bonds is 2. The minimum Gasteiger partial charge on any atom is -0.456 e. The molecular formula is C19H13F6N4O3+. The van der Waals surface area contributed by atoms with Crippen molar-refractivity contribution in [1.29, 1.82) is 0 Å². The molecule has 4 rings (SSSR count). The van der Waals surface area contributed by atoms with Crippen molar-refractivity contribution in [2.24, 2.45) is 0 Å². The fourth-order valence-corrected chi connectivity index (χ4v) is 3.47. The number of hydrogen-bond donors (Lipinski definition) is 3. The minimum atomic E-state index is -6.04. The topological polar surface area (TPSA) is 94.0 Å². The van der Waals surface area contributed by atoms with Crippen LogP contribution < -0.4 is 21.6 Å². The number of anilines is 1. The Labute approximate surface area is 174 Å². The summed E-state index contributed by atoms with van der Waals surface area (Å²) in [6.45, 7) is 1.69. The van der Waals surface area contributed by atoms with Gasteiger partial charge >= 0.3 is 29.4 Å². The number of nitrogens with zero attached hydrogens (tertiary/aromatic N) is 1. The van der Waals surface area contributed by atoms with Crippen LogP contribution in [0, 0.1) is 6.92 Å². The zero-order chi connectivity index (χ0) is 23.5. The van der Waals surface area contributed by atoms with Crippen molar-refractivity contribution < 1.29 is 35.8 Å². The first-order chi connectivity index (χ1) is 14.9. The van der Waals surface area contributed by atoms with E-state index in [0.29, 0.717) is 4.57 Å². The number of H-pyrrole nitrogens is 1. The summed E-state index contributed by atoms with van der Waals surface area (Å²) in [5, 5.41) is 2.32. The van der Waals surface area contributed by atoms with Crippen LogP contribution in [0.4, 0.5) is 32.2 Å². The fraction of sp³-hybridized carbons (Fsp3) is 0.211. The molecule has 0 saturated heterocycles. The molecule has 3 aromatic rings. The van der Waals surface area contributed by atoms with Crippen LogP contribution in [0.15, 0.2) is 56.7 Å². The van der Waals surface area contributed by atoms with Crippen LogP contribution in [-0.2, 0) is 5.54 Å². The number of alkyl halides is 6. The van der Waals surface area contributed by atoms with Crippen molar-refractivity contribution in [2.45, 2.75) is 24.8 Å². The highest BCUT2D eigenvalue weighted by Gasteiger charge is 2.78. The van der Waals surface area contributed by atoms with E-state index in [9.17, 15) is 35.9 Å². The number of nitrogens with one attached hydrogen (secondary N) is 3. The van der Waals surface area contributed by atoms with E-state index in [1.165, 1.54) is 35.3 Å². The Bertz CT molecular complexity index is 1300. The summed E-state index contributed by atoms with van der Waals surface area (Å²) >= 11 is 0. The van der Waals surface area contributed by atoms with Gasteiger partial charge in [0.15, 0.2) is 0 Å². The molecule has 0 aliphatic carbocycles. The van der Waals surface area contributed by atoms with Crippen molar-refractivity contribution in [1.82, 2.24) is 9.55 Å². The van der Waals surface area contributed by atoms with Gasteiger partial charge in [0.2, 0.25) is 11.6 Å². The Morgan fingerprint density at radius 3 is 2.16 bits per heavy atom. The third kappa shape index (κ3) is 3.03.